The number of aryl methyl sites for hydroxylation is 1. The lowest BCUT2D eigenvalue weighted by atomic mass is 10.1. The fourth-order valence-electron chi connectivity index (χ4n) is 2.16. The minimum atomic E-state index is -0.241. The lowest BCUT2D eigenvalue weighted by Gasteiger charge is -2.09. The molecule has 122 valence electrons. The quantitative estimate of drug-likeness (QED) is 0.768. The van der Waals surface area contributed by atoms with Gasteiger partial charge in [-0.25, -0.2) is 4.39 Å². The van der Waals surface area contributed by atoms with Crippen molar-refractivity contribution in [2.45, 2.75) is 19.8 Å². The van der Waals surface area contributed by atoms with Crippen molar-refractivity contribution in [3.8, 4) is 5.75 Å². The first-order valence-electron chi connectivity index (χ1n) is 7.55. The van der Waals surface area contributed by atoms with Crippen LogP contribution in [0.3, 0.4) is 0 Å². The van der Waals surface area contributed by atoms with Crippen molar-refractivity contribution < 1.29 is 13.9 Å². The number of amides is 1. The van der Waals surface area contributed by atoms with Crippen LogP contribution >= 0.6 is 11.6 Å². The molecule has 5 heteroatoms. The smallest absolute Gasteiger partial charge is 0.251 e. The summed E-state index contributed by atoms with van der Waals surface area (Å²) < 4.78 is 18.1. The van der Waals surface area contributed by atoms with Crippen molar-refractivity contribution in [1.82, 2.24) is 5.32 Å². The number of hydrogen-bond acceptors (Lipinski definition) is 2. The van der Waals surface area contributed by atoms with Gasteiger partial charge in [0.2, 0.25) is 0 Å². The van der Waals surface area contributed by atoms with E-state index in [1.54, 1.807) is 30.3 Å². The molecule has 2 aromatic rings. The molecule has 1 amide bonds. The number of benzene rings is 2. The molecule has 0 heterocycles. The highest BCUT2D eigenvalue weighted by Crippen LogP contribution is 2.25. The molecule has 0 aliphatic heterocycles. The van der Waals surface area contributed by atoms with Gasteiger partial charge in [-0.05, 0) is 55.7 Å². The summed E-state index contributed by atoms with van der Waals surface area (Å²) in [6.45, 7) is 2.94. The molecule has 0 aliphatic rings. The highest BCUT2D eigenvalue weighted by atomic mass is 35.5. The van der Waals surface area contributed by atoms with E-state index in [4.69, 9.17) is 16.3 Å². The number of halogens is 2. The average Bonchev–Trinajstić information content (AvgIpc) is 2.55. The summed E-state index contributed by atoms with van der Waals surface area (Å²) in [5.41, 5.74) is 1.55. The predicted octanol–water partition coefficient (Wildman–Crippen LogP) is 4.24. The first-order chi connectivity index (χ1) is 11.1. The van der Waals surface area contributed by atoms with Crippen molar-refractivity contribution in [1.29, 1.82) is 0 Å². The van der Waals surface area contributed by atoms with Crippen LogP contribution in [0.25, 0.3) is 0 Å². The molecule has 3 nitrogen and oxygen atoms in total. The van der Waals surface area contributed by atoms with Crippen LogP contribution in [0.2, 0.25) is 5.02 Å². The van der Waals surface area contributed by atoms with Gasteiger partial charge in [0.15, 0.2) is 0 Å². The molecular formula is C18H19ClFNO2. The summed E-state index contributed by atoms with van der Waals surface area (Å²) in [4.78, 5) is 12.1. The first-order valence-corrected chi connectivity index (χ1v) is 7.93. The lowest BCUT2D eigenvalue weighted by molar-refractivity contribution is 0.0953. The van der Waals surface area contributed by atoms with E-state index in [9.17, 15) is 9.18 Å². The van der Waals surface area contributed by atoms with Gasteiger partial charge in [0.05, 0.1) is 11.6 Å². The van der Waals surface area contributed by atoms with Crippen LogP contribution in [0.1, 0.15) is 29.3 Å². The Balaban J connectivity index is 1.80. The van der Waals surface area contributed by atoms with Crippen molar-refractivity contribution in [3.05, 3.63) is 64.4 Å². The van der Waals surface area contributed by atoms with Crippen LogP contribution in [-0.4, -0.2) is 19.1 Å². The summed E-state index contributed by atoms with van der Waals surface area (Å²) >= 11 is 6.07. The average molecular weight is 336 g/mol. The maximum Gasteiger partial charge on any atom is 0.251 e. The molecule has 0 aliphatic carbocycles. The summed E-state index contributed by atoms with van der Waals surface area (Å²) in [7, 11) is 0. The molecule has 0 saturated carbocycles. The topological polar surface area (TPSA) is 38.3 Å². The molecule has 1 N–H and O–H groups in total. The zero-order valence-corrected chi connectivity index (χ0v) is 13.7. The number of carbonyl (C=O) groups is 1. The first kappa shape index (κ1) is 17.3. The third-order valence-corrected chi connectivity index (χ3v) is 3.63. The van der Waals surface area contributed by atoms with Crippen molar-refractivity contribution >= 4 is 17.5 Å². The standard InChI is InChI=1S/C18H19ClFNO2/c1-2-23-17-10-7-14(12-16(17)19)18(22)21-11-3-4-13-5-8-15(20)9-6-13/h5-10,12H,2-4,11H2,1H3,(H,21,22). The van der Waals surface area contributed by atoms with Gasteiger partial charge >= 0.3 is 0 Å². The van der Waals surface area contributed by atoms with Crippen molar-refractivity contribution in [2.24, 2.45) is 0 Å². The minimum Gasteiger partial charge on any atom is -0.492 e. The molecular weight excluding hydrogens is 317 g/mol. The molecule has 0 saturated heterocycles. The van der Waals surface area contributed by atoms with E-state index in [1.165, 1.54) is 12.1 Å². The van der Waals surface area contributed by atoms with E-state index in [0.29, 0.717) is 29.5 Å². The summed E-state index contributed by atoms with van der Waals surface area (Å²) in [5, 5.41) is 3.27. The van der Waals surface area contributed by atoms with Gasteiger partial charge < -0.3 is 10.1 Å². The highest BCUT2D eigenvalue weighted by molar-refractivity contribution is 6.32. The number of carbonyl (C=O) groups excluding carboxylic acids is 1. The van der Waals surface area contributed by atoms with Crippen LogP contribution in [-0.2, 0) is 6.42 Å². The van der Waals surface area contributed by atoms with E-state index in [1.807, 2.05) is 6.92 Å². The second-order valence-electron chi connectivity index (χ2n) is 5.06. The van der Waals surface area contributed by atoms with Crippen LogP contribution in [0.5, 0.6) is 5.75 Å². The highest BCUT2D eigenvalue weighted by Gasteiger charge is 2.08. The molecule has 0 aromatic heterocycles. The largest absolute Gasteiger partial charge is 0.492 e. The maximum absolute atomic E-state index is 12.8. The minimum absolute atomic E-state index is 0.172. The summed E-state index contributed by atoms with van der Waals surface area (Å²) in [6, 6.07) is 11.4. The Bertz CT molecular complexity index is 659. The third-order valence-electron chi connectivity index (χ3n) is 3.33. The van der Waals surface area contributed by atoms with E-state index in [0.717, 1.165) is 18.4 Å². The zero-order chi connectivity index (χ0) is 16.7. The molecule has 0 atom stereocenters. The Hall–Kier alpha value is -2.07. The molecule has 0 bridgehead atoms. The monoisotopic (exact) mass is 335 g/mol. The van der Waals surface area contributed by atoms with Crippen LogP contribution in [0.15, 0.2) is 42.5 Å². The van der Waals surface area contributed by atoms with Crippen molar-refractivity contribution in [3.63, 3.8) is 0 Å². The van der Waals surface area contributed by atoms with Gasteiger partial charge in [-0.15, -0.1) is 0 Å². The van der Waals surface area contributed by atoms with Gasteiger partial charge in [-0.1, -0.05) is 23.7 Å². The lowest BCUT2D eigenvalue weighted by Crippen LogP contribution is -2.24. The van der Waals surface area contributed by atoms with Gasteiger partial charge in [0.25, 0.3) is 5.91 Å². The van der Waals surface area contributed by atoms with E-state index in [2.05, 4.69) is 5.32 Å². The Labute approximate surface area is 140 Å². The summed E-state index contributed by atoms with van der Waals surface area (Å²) in [5.74, 6) is 0.158. The second-order valence-corrected chi connectivity index (χ2v) is 5.47. The normalized spacial score (nSPS) is 10.4. The third kappa shape index (κ3) is 5.25. The van der Waals surface area contributed by atoms with Crippen LogP contribution < -0.4 is 10.1 Å². The Morgan fingerprint density at radius 1 is 1.22 bits per heavy atom. The predicted molar refractivity (Wildman–Crippen MR) is 89.7 cm³/mol. The number of nitrogens with one attached hydrogen (secondary N) is 1. The van der Waals surface area contributed by atoms with Crippen LogP contribution in [0, 0.1) is 5.82 Å². The van der Waals surface area contributed by atoms with E-state index in [-0.39, 0.29) is 11.7 Å². The molecule has 0 radical (unpaired) electrons. The van der Waals surface area contributed by atoms with Gasteiger partial charge in [-0.3, -0.25) is 4.79 Å². The van der Waals surface area contributed by atoms with Gasteiger partial charge in [-0.2, -0.15) is 0 Å². The van der Waals surface area contributed by atoms with Crippen LogP contribution in [0.4, 0.5) is 4.39 Å². The Morgan fingerprint density at radius 3 is 2.61 bits per heavy atom. The van der Waals surface area contributed by atoms with E-state index >= 15 is 0 Å². The number of hydrogen-bond donors (Lipinski definition) is 1. The molecule has 0 fully saturated rings. The maximum atomic E-state index is 12.8. The molecule has 2 rings (SSSR count). The fourth-order valence-corrected chi connectivity index (χ4v) is 2.40. The second kappa shape index (κ2) is 8.53. The summed E-state index contributed by atoms with van der Waals surface area (Å²) in [6.07, 6.45) is 1.56. The Morgan fingerprint density at radius 2 is 1.96 bits per heavy atom. The van der Waals surface area contributed by atoms with Crippen molar-refractivity contribution in [2.75, 3.05) is 13.2 Å². The molecule has 0 unspecified atom stereocenters. The number of rotatable bonds is 7. The Kier molecular flexibility index (Phi) is 6.41. The molecule has 0 spiro atoms. The molecule has 2 aromatic carbocycles. The van der Waals surface area contributed by atoms with Gasteiger partial charge in [0.1, 0.15) is 11.6 Å². The molecule has 23 heavy (non-hydrogen) atoms. The van der Waals surface area contributed by atoms with E-state index < -0.39 is 0 Å². The number of ether oxygens (including phenoxy) is 1. The van der Waals surface area contributed by atoms with Gasteiger partial charge in [0, 0.05) is 12.1 Å². The fraction of sp³-hybridized carbons (Fsp3) is 0.278. The SMILES string of the molecule is CCOc1ccc(C(=O)NCCCc2ccc(F)cc2)cc1Cl. The zero-order valence-electron chi connectivity index (χ0n) is 12.9.